The molecular formula is C17H16F2N2OS2. The third-order valence-corrected chi connectivity index (χ3v) is 4.25. The molecule has 0 bridgehead atoms. The average Bonchev–Trinajstić information content (AvgIpc) is 2.61. The van der Waals surface area contributed by atoms with Gasteiger partial charge in [-0.05, 0) is 49.1 Å². The third-order valence-electron chi connectivity index (χ3n) is 3.20. The van der Waals surface area contributed by atoms with Crippen LogP contribution in [-0.4, -0.2) is 16.3 Å². The summed E-state index contributed by atoms with van der Waals surface area (Å²) in [5.41, 5.74) is 4.62. The smallest absolute Gasteiger partial charge is 0.165 e. The third kappa shape index (κ3) is 5.01. The largest absolute Gasteiger partial charge is 0.489 e. The van der Waals surface area contributed by atoms with E-state index < -0.39 is 11.6 Å². The number of hydrazone groups is 1. The molecule has 0 spiro atoms. The molecule has 0 aliphatic rings. The first-order valence-electron chi connectivity index (χ1n) is 7.05. The molecule has 0 aliphatic heterocycles. The van der Waals surface area contributed by atoms with E-state index in [9.17, 15) is 8.78 Å². The molecule has 2 aromatic carbocycles. The van der Waals surface area contributed by atoms with Gasteiger partial charge in [0.1, 0.15) is 12.4 Å². The van der Waals surface area contributed by atoms with Gasteiger partial charge in [0.25, 0.3) is 0 Å². The van der Waals surface area contributed by atoms with E-state index in [2.05, 4.69) is 10.5 Å². The summed E-state index contributed by atoms with van der Waals surface area (Å²) in [6, 6.07) is 11.2. The number of ether oxygens (including phenoxy) is 1. The fourth-order valence-electron chi connectivity index (χ4n) is 1.85. The lowest BCUT2D eigenvalue weighted by Crippen LogP contribution is -2.13. The van der Waals surface area contributed by atoms with Crippen LogP contribution in [0.2, 0.25) is 0 Å². The Labute approximate surface area is 149 Å². The molecule has 0 unspecified atom stereocenters. The normalized spacial score (nSPS) is 11.2. The highest BCUT2D eigenvalue weighted by Gasteiger charge is 2.08. The Bertz CT molecular complexity index is 749. The molecule has 0 radical (unpaired) electrons. The molecule has 1 N–H and O–H groups in total. The molecule has 0 aromatic heterocycles. The van der Waals surface area contributed by atoms with Crippen LogP contribution in [0.1, 0.15) is 18.1 Å². The minimum atomic E-state index is -0.882. The van der Waals surface area contributed by atoms with Crippen molar-refractivity contribution in [3.05, 3.63) is 65.2 Å². The van der Waals surface area contributed by atoms with Crippen molar-refractivity contribution in [1.29, 1.82) is 0 Å². The number of rotatable bonds is 5. The maximum Gasteiger partial charge on any atom is 0.165 e. The summed E-state index contributed by atoms with van der Waals surface area (Å²) in [6.45, 7) is 1.81. The van der Waals surface area contributed by atoms with Crippen LogP contribution in [0.5, 0.6) is 5.75 Å². The second-order valence-corrected chi connectivity index (χ2v) is 6.31. The molecule has 0 saturated carbocycles. The lowest BCUT2D eigenvalue weighted by Gasteiger charge is -2.08. The van der Waals surface area contributed by atoms with Crippen LogP contribution in [-0.2, 0) is 6.61 Å². The van der Waals surface area contributed by atoms with Gasteiger partial charge in [-0.15, -0.1) is 0 Å². The Balaban J connectivity index is 1.99. The van der Waals surface area contributed by atoms with Gasteiger partial charge in [0.15, 0.2) is 16.0 Å². The average molecular weight is 366 g/mol. The fourth-order valence-corrected chi connectivity index (χ4v) is 2.04. The number of benzene rings is 2. The van der Waals surface area contributed by atoms with Crippen molar-refractivity contribution in [2.75, 3.05) is 6.26 Å². The van der Waals surface area contributed by atoms with Crippen LogP contribution in [0.25, 0.3) is 0 Å². The fraction of sp³-hybridized carbons (Fsp3) is 0.176. The number of thioether (sulfide) groups is 1. The first-order chi connectivity index (χ1) is 11.5. The van der Waals surface area contributed by atoms with Crippen LogP contribution in [0.3, 0.4) is 0 Å². The minimum absolute atomic E-state index is 0.0421. The lowest BCUT2D eigenvalue weighted by atomic mass is 10.1. The molecule has 2 aromatic rings. The number of hydrogen-bond donors (Lipinski definition) is 1. The van der Waals surface area contributed by atoms with Gasteiger partial charge in [0.05, 0.1) is 5.71 Å². The quantitative estimate of drug-likeness (QED) is 0.480. The van der Waals surface area contributed by atoms with Gasteiger partial charge in [-0.2, -0.15) is 5.10 Å². The standard InChI is InChI=1S/C17H16F2N2OS2/c1-11(20-21-17(23)24-2)12-6-8-14(9-7-12)22-10-13-4-3-5-15(18)16(13)19/h3-9H,10H2,1-2H3,(H,21,23)/b20-11+. The SMILES string of the molecule is CSC(=S)N/N=C(\C)c1ccc(OCc2cccc(F)c2F)cc1. The van der Waals surface area contributed by atoms with Crippen molar-refractivity contribution in [3.63, 3.8) is 0 Å². The van der Waals surface area contributed by atoms with E-state index in [-0.39, 0.29) is 12.2 Å². The number of nitrogens with zero attached hydrogens (tertiary/aromatic N) is 1. The number of halogens is 2. The van der Waals surface area contributed by atoms with Crippen molar-refractivity contribution in [3.8, 4) is 5.75 Å². The predicted octanol–water partition coefficient (Wildman–Crippen LogP) is 4.51. The summed E-state index contributed by atoms with van der Waals surface area (Å²) in [5, 5.41) is 4.18. The van der Waals surface area contributed by atoms with Crippen LogP contribution < -0.4 is 10.2 Å². The first-order valence-corrected chi connectivity index (χ1v) is 8.69. The zero-order valence-electron chi connectivity index (χ0n) is 13.2. The Morgan fingerprint density at radius 2 is 1.92 bits per heavy atom. The summed E-state index contributed by atoms with van der Waals surface area (Å²) >= 11 is 6.42. The molecular weight excluding hydrogens is 350 g/mol. The summed E-state index contributed by atoms with van der Waals surface area (Å²) < 4.78 is 32.8. The van der Waals surface area contributed by atoms with E-state index in [1.165, 1.54) is 23.9 Å². The van der Waals surface area contributed by atoms with Crippen molar-refractivity contribution < 1.29 is 13.5 Å². The monoisotopic (exact) mass is 366 g/mol. The molecule has 7 heteroatoms. The molecule has 0 atom stereocenters. The number of hydrogen-bond acceptors (Lipinski definition) is 4. The molecule has 24 heavy (non-hydrogen) atoms. The van der Waals surface area contributed by atoms with Crippen LogP contribution >= 0.6 is 24.0 Å². The van der Waals surface area contributed by atoms with Gasteiger partial charge < -0.3 is 4.74 Å². The maximum atomic E-state index is 13.6. The van der Waals surface area contributed by atoms with Crippen molar-refractivity contribution >= 4 is 34.0 Å². The Morgan fingerprint density at radius 1 is 1.21 bits per heavy atom. The van der Waals surface area contributed by atoms with Gasteiger partial charge in [0.2, 0.25) is 0 Å². The first kappa shape index (κ1) is 18.4. The zero-order chi connectivity index (χ0) is 17.5. The molecule has 0 saturated heterocycles. The predicted molar refractivity (Wildman–Crippen MR) is 98.6 cm³/mol. The van der Waals surface area contributed by atoms with Gasteiger partial charge in [-0.3, -0.25) is 5.43 Å². The molecule has 126 valence electrons. The summed E-state index contributed by atoms with van der Waals surface area (Å²) in [7, 11) is 0. The molecule has 2 rings (SSSR count). The van der Waals surface area contributed by atoms with Crippen molar-refractivity contribution in [1.82, 2.24) is 5.43 Å². The van der Waals surface area contributed by atoms with Gasteiger partial charge in [0, 0.05) is 5.56 Å². The van der Waals surface area contributed by atoms with E-state index in [4.69, 9.17) is 17.0 Å². The van der Waals surface area contributed by atoms with Crippen molar-refractivity contribution in [2.24, 2.45) is 5.10 Å². The lowest BCUT2D eigenvalue weighted by molar-refractivity contribution is 0.297. The highest BCUT2D eigenvalue weighted by atomic mass is 32.2. The van der Waals surface area contributed by atoms with E-state index >= 15 is 0 Å². The summed E-state index contributed by atoms with van der Waals surface area (Å²) in [6.07, 6.45) is 1.87. The second-order valence-electron chi connectivity index (χ2n) is 4.83. The number of nitrogens with one attached hydrogen (secondary N) is 1. The van der Waals surface area contributed by atoms with E-state index in [1.807, 2.05) is 25.3 Å². The van der Waals surface area contributed by atoms with E-state index in [1.54, 1.807) is 12.1 Å². The summed E-state index contributed by atoms with van der Waals surface area (Å²) in [4.78, 5) is 0. The highest BCUT2D eigenvalue weighted by molar-refractivity contribution is 8.22. The van der Waals surface area contributed by atoms with Gasteiger partial charge in [-0.25, -0.2) is 8.78 Å². The molecule has 0 fully saturated rings. The Morgan fingerprint density at radius 3 is 2.58 bits per heavy atom. The topological polar surface area (TPSA) is 33.6 Å². The van der Waals surface area contributed by atoms with Crippen LogP contribution in [0, 0.1) is 11.6 Å². The zero-order valence-corrected chi connectivity index (χ0v) is 14.8. The molecule has 3 nitrogen and oxygen atoms in total. The summed E-state index contributed by atoms with van der Waals surface area (Å²) in [5.74, 6) is -1.20. The Hall–Kier alpha value is -1.99. The van der Waals surface area contributed by atoms with Crippen LogP contribution in [0.15, 0.2) is 47.6 Å². The minimum Gasteiger partial charge on any atom is -0.489 e. The van der Waals surface area contributed by atoms with E-state index in [0.29, 0.717) is 10.1 Å². The van der Waals surface area contributed by atoms with E-state index in [0.717, 1.165) is 17.3 Å². The highest BCUT2D eigenvalue weighted by Crippen LogP contribution is 2.17. The molecule has 0 amide bonds. The second kappa shape index (κ2) is 8.75. The Kier molecular flexibility index (Phi) is 6.69. The maximum absolute atomic E-state index is 13.6. The van der Waals surface area contributed by atoms with Crippen LogP contribution in [0.4, 0.5) is 8.78 Å². The van der Waals surface area contributed by atoms with Gasteiger partial charge >= 0.3 is 0 Å². The molecule has 0 heterocycles. The van der Waals surface area contributed by atoms with Crippen molar-refractivity contribution in [2.45, 2.75) is 13.5 Å². The van der Waals surface area contributed by atoms with Gasteiger partial charge in [-0.1, -0.05) is 36.1 Å². The molecule has 0 aliphatic carbocycles. The number of thiocarbonyl (C=S) groups is 1.